The second kappa shape index (κ2) is 7.74. The molecule has 0 radical (unpaired) electrons. The molecule has 0 saturated carbocycles. The van der Waals surface area contributed by atoms with Gasteiger partial charge < -0.3 is 15.6 Å². The molecule has 0 aliphatic carbocycles. The van der Waals surface area contributed by atoms with E-state index in [0.717, 1.165) is 18.4 Å². The highest BCUT2D eigenvalue weighted by Gasteiger charge is 2.10. The van der Waals surface area contributed by atoms with E-state index in [1.165, 1.54) is 13.0 Å². The number of allylic oxidation sites excluding steroid dienone is 1. The molecular formula is C13H18ClNO3. The standard InChI is InChI=1S/C13H17NO3.ClH/c1-3-4-5-11(14)10-6-7-13(12(16)8-10)17-9(2)15;/h3,6-8,11,16H,1,4-5,14H2,2H3;1H/t11-;/m1./s1. The van der Waals surface area contributed by atoms with Crippen LogP contribution in [0.2, 0.25) is 0 Å². The first-order chi connectivity index (χ1) is 8.04. The number of carbonyl (C=O) groups is 1. The fraction of sp³-hybridized carbons (Fsp3) is 0.308. The summed E-state index contributed by atoms with van der Waals surface area (Å²) in [4.78, 5) is 10.8. The fourth-order valence-electron chi connectivity index (χ4n) is 1.47. The number of ether oxygens (including phenoxy) is 1. The fourth-order valence-corrected chi connectivity index (χ4v) is 1.47. The predicted molar refractivity (Wildman–Crippen MR) is 73.0 cm³/mol. The average molecular weight is 272 g/mol. The Bertz CT molecular complexity index is 421. The number of rotatable bonds is 5. The van der Waals surface area contributed by atoms with E-state index in [2.05, 4.69) is 6.58 Å². The molecular weight excluding hydrogens is 254 g/mol. The van der Waals surface area contributed by atoms with E-state index in [9.17, 15) is 9.90 Å². The van der Waals surface area contributed by atoms with Crippen molar-refractivity contribution in [3.05, 3.63) is 36.4 Å². The van der Waals surface area contributed by atoms with E-state index in [0.29, 0.717) is 0 Å². The Hall–Kier alpha value is -1.52. The van der Waals surface area contributed by atoms with Crippen LogP contribution < -0.4 is 10.5 Å². The highest BCUT2D eigenvalue weighted by atomic mass is 35.5. The lowest BCUT2D eigenvalue weighted by atomic mass is 10.0. The van der Waals surface area contributed by atoms with E-state index < -0.39 is 5.97 Å². The van der Waals surface area contributed by atoms with Crippen molar-refractivity contribution in [3.8, 4) is 11.5 Å². The summed E-state index contributed by atoms with van der Waals surface area (Å²) in [5, 5.41) is 9.66. The second-order valence-electron chi connectivity index (χ2n) is 3.79. The van der Waals surface area contributed by atoms with Crippen molar-refractivity contribution >= 4 is 18.4 Å². The number of phenols is 1. The molecule has 0 saturated heterocycles. The minimum Gasteiger partial charge on any atom is -0.504 e. The van der Waals surface area contributed by atoms with Crippen LogP contribution in [-0.2, 0) is 4.79 Å². The largest absolute Gasteiger partial charge is 0.504 e. The monoisotopic (exact) mass is 271 g/mol. The van der Waals surface area contributed by atoms with Crippen molar-refractivity contribution in [1.29, 1.82) is 0 Å². The van der Waals surface area contributed by atoms with Gasteiger partial charge in [0.1, 0.15) is 0 Å². The number of esters is 1. The van der Waals surface area contributed by atoms with Crippen LogP contribution in [0.25, 0.3) is 0 Å². The van der Waals surface area contributed by atoms with Gasteiger partial charge in [-0.1, -0.05) is 12.1 Å². The third-order valence-electron chi connectivity index (χ3n) is 2.35. The normalized spacial score (nSPS) is 11.2. The van der Waals surface area contributed by atoms with Crippen LogP contribution >= 0.6 is 12.4 Å². The molecule has 0 spiro atoms. The molecule has 4 nitrogen and oxygen atoms in total. The summed E-state index contributed by atoms with van der Waals surface area (Å²) in [7, 11) is 0. The second-order valence-corrected chi connectivity index (χ2v) is 3.79. The SMILES string of the molecule is C=CCC[C@@H](N)c1ccc(OC(C)=O)c(O)c1.Cl. The third kappa shape index (κ3) is 4.77. The maximum atomic E-state index is 10.8. The van der Waals surface area contributed by atoms with Crippen LogP contribution in [0.3, 0.4) is 0 Å². The molecule has 1 atom stereocenters. The molecule has 100 valence electrons. The topological polar surface area (TPSA) is 72.5 Å². The maximum Gasteiger partial charge on any atom is 0.308 e. The molecule has 5 heteroatoms. The van der Waals surface area contributed by atoms with E-state index in [1.54, 1.807) is 18.2 Å². The van der Waals surface area contributed by atoms with Gasteiger partial charge in [-0.05, 0) is 30.5 Å². The van der Waals surface area contributed by atoms with Crippen molar-refractivity contribution in [2.24, 2.45) is 5.73 Å². The maximum absolute atomic E-state index is 10.8. The van der Waals surface area contributed by atoms with E-state index in [-0.39, 0.29) is 29.9 Å². The van der Waals surface area contributed by atoms with Gasteiger partial charge >= 0.3 is 5.97 Å². The Labute approximate surface area is 113 Å². The summed E-state index contributed by atoms with van der Waals surface area (Å²) >= 11 is 0. The van der Waals surface area contributed by atoms with Crippen LogP contribution in [0.4, 0.5) is 0 Å². The lowest BCUT2D eigenvalue weighted by Crippen LogP contribution is -2.10. The van der Waals surface area contributed by atoms with Crippen LogP contribution in [0, 0.1) is 0 Å². The predicted octanol–water partition coefficient (Wildman–Crippen LogP) is 2.71. The zero-order chi connectivity index (χ0) is 12.8. The van der Waals surface area contributed by atoms with Gasteiger partial charge in [-0.25, -0.2) is 0 Å². The van der Waals surface area contributed by atoms with Gasteiger partial charge in [-0.3, -0.25) is 4.79 Å². The highest BCUT2D eigenvalue weighted by Crippen LogP contribution is 2.29. The first-order valence-corrected chi connectivity index (χ1v) is 5.42. The van der Waals surface area contributed by atoms with E-state index >= 15 is 0 Å². The minimum atomic E-state index is -0.469. The Morgan fingerprint density at radius 2 is 2.28 bits per heavy atom. The first kappa shape index (κ1) is 16.5. The molecule has 1 aromatic carbocycles. The third-order valence-corrected chi connectivity index (χ3v) is 2.35. The Morgan fingerprint density at radius 3 is 2.78 bits per heavy atom. The van der Waals surface area contributed by atoms with E-state index in [4.69, 9.17) is 10.5 Å². The number of hydrogen-bond acceptors (Lipinski definition) is 4. The van der Waals surface area contributed by atoms with Gasteiger partial charge in [-0.15, -0.1) is 19.0 Å². The van der Waals surface area contributed by atoms with Crippen molar-refractivity contribution in [3.63, 3.8) is 0 Å². The number of benzene rings is 1. The zero-order valence-corrected chi connectivity index (χ0v) is 11.1. The quantitative estimate of drug-likeness (QED) is 0.491. The Kier molecular flexibility index (Phi) is 7.08. The Morgan fingerprint density at radius 1 is 1.61 bits per heavy atom. The lowest BCUT2D eigenvalue weighted by molar-refractivity contribution is -0.132. The summed E-state index contributed by atoms with van der Waals surface area (Å²) < 4.78 is 4.81. The number of halogens is 1. The van der Waals surface area contributed by atoms with Gasteiger partial charge in [-0.2, -0.15) is 0 Å². The van der Waals surface area contributed by atoms with Crippen LogP contribution in [0.1, 0.15) is 31.4 Å². The summed E-state index contributed by atoms with van der Waals surface area (Å²) in [5.41, 5.74) is 6.74. The van der Waals surface area contributed by atoms with Gasteiger partial charge in [0.2, 0.25) is 0 Å². The molecule has 0 aliphatic heterocycles. The summed E-state index contributed by atoms with van der Waals surface area (Å²) in [5.74, 6) is -0.395. The molecule has 0 heterocycles. The number of phenolic OH excluding ortho intramolecular Hbond substituents is 1. The van der Waals surface area contributed by atoms with E-state index in [1.807, 2.05) is 0 Å². The van der Waals surface area contributed by atoms with Crippen LogP contribution in [0.15, 0.2) is 30.9 Å². The van der Waals surface area contributed by atoms with Crippen molar-refractivity contribution < 1.29 is 14.6 Å². The van der Waals surface area contributed by atoms with Crippen LogP contribution in [-0.4, -0.2) is 11.1 Å². The molecule has 0 amide bonds. The summed E-state index contributed by atoms with van der Waals surface area (Å²) in [6.07, 6.45) is 3.37. The number of aromatic hydroxyl groups is 1. The summed E-state index contributed by atoms with van der Waals surface area (Å²) in [6.45, 7) is 4.91. The molecule has 1 rings (SSSR count). The minimum absolute atomic E-state index is 0. The van der Waals surface area contributed by atoms with Crippen molar-refractivity contribution in [2.75, 3.05) is 0 Å². The van der Waals surface area contributed by atoms with Gasteiger partial charge in [0.15, 0.2) is 11.5 Å². The van der Waals surface area contributed by atoms with Gasteiger partial charge in [0, 0.05) is 13.0 Å². The molecule has 0 unspecified atom stereocenters. The molecule has 18 heavy (non-hydrogen) atoms. The summed E-state index contributed by atoms with van der Waals surface area (Å²) in [6, 6.07) is 4.64. The van der Waals surface area contributed by atoms with Crippen molar-refractivity contribution in [1.82, 2.24) is 0 Å². The molecule has 0 aromatic heterocycles. The molecule has 3 N–H and O–H groups in total. The molecule has 0 aliphatic rings. The highest BCUT2D eigenvalue weighted by molar-refractivity contribution is 5.85. The smallest absolute Gasteiger partial charge is 0.308 e. The lowest BCUT2D eigenvalue weighted by Gasteiger charge is -2.12. The van der Waals surface area contributed by atoms with Gasteiger partial charge in [0.05, 0.1) is 0 Å². The first-order valence-electron chi connectivity index (χ1n) is 5.42. The molecule has 0 bridgehead atoms. The van der Waals surface area contributed by atoms with Crippen molar-refractivity contribution in [2.45, 2.75) is 25.8 Å². The number of carbonyl (C=O) groups excluding carboxylic acids is 1. The van der Waals surface area contributed by atoms with Crippen LogP contribution in [0.5, 0.6) is 11.5 Å². The molecule has 1 aromatic rings. The number of nitrogens with two attached hydrogens (primary N) is 1. The zero-order valence-electron chi connectivity index (χ0n) is 10.3. The van der Waals surface area contributed by atoms with Gasteiger partial charge in [0.25, 0.3) is 0 Å². The average Bonchev–Trinajstić information content (AvgIpc) is 2.28. The Balaban J connectivity index is 0.00000289. The number of hydrogen-bond donors (Lipinski definition) is 2. The molecule has 0 fully saturated rings.